The molecule has 0 saturated carbocycles. The Labute approximate surface area is 165 Å². The first kappa shape index (κ1) is 18.7. The van der Waals surface area contributed by atoms with E-state index in [-0.39, 0.29) is 23.8 Å². The molecule has 4 rings (SSSR count). The Morgan fingerprint density at radius 3 is 2.50 bits per heavy atom. The van der Waals surface area contributed by atoms with E-state index < -0.39 is 0 Å². The summed E-state index contributed by atoms with van der Waals surface area (Å²) in [7, 11) is 1.76. The highest BCUT2D eigenvalue weighted by atomic mass is 16.5. The highest BCUT2D eigenvalue weighted by molar-refractivity contribution is 5.97. The largest absolute Gasteiger partial charge is 0.368 e. The van der Waals surface area contributed by atoms with Crippen molar-refractivity contribution in [3.63, 3.8) is 0 Å². The minimum atomic E-state index is -0.335. The summed E-state index contributed by atoms with van der Waals surface area (Å²) in [4.78, 5) is 26.8. The second-order valence-corrected chi connectivity index (χ2v) is 7.64. The molecule has 2 aromatic carbocycles. The number of rotatable bonds is 4. The van der Waals surface area contributed by atoms with Crippen LogP contribution < -0.4 is 10.2 Å². The maximum atomic E-state index is 12.7. The van der Waals surface area contributed by atoms with Gasteiger partial charge in [0, 0.05) is 30.9 Å². The Morgan fingerprint density at radius 1 is 1.04 bits per heavy atom. The molecule has 1 N–H and O–H groups in total. The molecule has 1 heterocycles. The number of hydrogen-bond acceptors (Lipinski definition) is 3. The molecular formula is C23H26N2O3. The molecule has 5 heteroatoms. The van der Waals surface area contributed by atoms with Crippen LogP contribution in [0.2, 0.25) is 0 Å². The van der Waals surface area contributed by atoms with Crippen molar-refractivity contribution >= 4 is 23.2 Å². The molecule has 146 valence electrons. The molecule has 2 atom stereocenters. The summed E-state index contributed by atoms with van der Waals surface area (Å²) >= 11 is 0. The third-order valence-corrected chi connectivity index (χ3v) is 5.78. The average molecular weight is 378 g/mol. The van der Waals surface area contributed by atoms with Gasteiger partial charge in [-0.3, -0.25) is 9.59 Å². The molecule has 0 spiro atoms. The van der Waals surface area contributed by atoms with Gasteiger partial charge in [0.15, 0.2) is 0 Å². The lowest BCUT2D eigenvalue weighted by molar-refractivity contribution is -0.127. The van der Waals surface area contributed by atoms with Crippen molar-refractivity contribution in [3.8, 4) is 0 Å². The second-order valence-electron chi connectivity index (χ2n) is 7.64. The van der Waals surface area contributed by atoms with E-state index in [1.54, 1.807) is 11.9 Å². The molecule has 2 aliphatic rings. The molecule has 0 aromatic heterocycles. The molecule has 1 saturated heterocycles. The molecule has 5 nitrogen and oxygen atoms in total. The Morgan fingerprint density at radius 2 is 1.79 bits per heavy atom. The minimum absolute atomic E-state index is 0.00153. The summed E-state index contributed by atoms with van der Waals surface area (Å²) < 4.78 is 5.48. The number of likely N-dealkylation sites (N-methyl/N-ethyl adjacent to an activating group) is 1. The Kier molecular flexibility index (Phi) is 5.44. The van der Waals surface area contributed by atoms with Crippen LogP contribution in [0.25, 0.3) is 0 Å². The van der Waals surface area contributed by atoms with E-state index in [4.69, 9.17) is 4.74 Å². The lowest BCUT2D eigenvalue weighted by Crippen LogP contribution is -2.36. The Balaban J connectivity index is 1.36. The number of carbonyl (C=O) groups is 2. The molecule has 2 amide bonds. The van der Waals surface area contributed by atoms with Crippen molar-refractivity contribution in [2.75, 3.05) is 23.9 Å². The van der Waals surface area contributed by atoms with E-state index in [1.165, 1.54) is 11.1 Å². The number of benzene rings is 2. The van der Waals surface area contributed by atoms with E-state index in [1.807, 2.05) is 30.3 Å². The molecule has 2 aromatic rings. The molecule has 1 aliphatic heterocycles. The predicted molar refractivity (Wildman–Crippen MR) is 109 cm³/mol. The van der Waals surface area contributed by atoms with E-state index in [0.717, 1.165) is 43.5 Å². The SMILES string of the molecule is CN(C(=O)[C@H]1CCCO1)c1ccc(NC(=O)[C@@H]2CCc3ccccc3C2)cc1. The first-order chi connectivity index (χ1) is 13.6. The first-order valence-corrected chi connectivity index (χ1v) is 9.98. The smallest absolute Gasteiger partial charge is 0.255 e. The van der Waals surface area contributed by atoms with Crippen LogP contribution in [0.1, 0.15) is 30.4 Å². The van der Waals surface area contributed by atoms with Gasteiger partial charge in [-0.15, -0.1) is 0 Å². The number of carbonyl (C=O) groups excluding carboxylic acids is 2. The van der Waals surface area contributed by atoms with Gasteiger partial charge >= 0.3 is 0 Å². The zero-order chi connectivity index (χ0) is 19.5. The van der Waals surface area contributed by atoms with Crippen LogP contribution in [0.4, 0.5) is 11.4 Å². The lowest BCUT2D eigenvalue weighted by Gasteiger charge is -2.24. The van der Waals surface area contributed by atoms with Crippen molar-refractivity contribution < 1.29 is 14.3 Å². The normalized spacial score (nSPS) is 21.0. The lowest BCUT2D eigenvalue weighted by atomic mass is 9.83. The molecule has 1 fully saturated rings. The molecule has 0 radical (unpaired) electrons. The molecule has 0 bridgehead atoms. The quantitative estimate of drug-likeness (QED) is 0.885. The van der Waals surface area contributed by atoms with Gasteiger partial charge in [-0.25, -0.2) is 0 Å². The fourth-order valence-corrected chi connectivity index (χ4v) is 4.05. The van der Waals surface area contributed by atoms with Gasteiger partial charge in [-0.2, -0.15) is 0 Å². The molecular weight excluding hydrogens is 352 g/mol. The van der Waals surface area contributed by atoms with Gasteiger partial charge < -0.3 is 15.0 Å². The van der Waals surface area contributed by atoms with Gasteiger partial charge in [0.2, 0.25) is 5.91 Å². The summed E-state index contributed by atoms with van der Waals surface area (Å²) in [6.07, 6.45) is 3.99. The van der Waals surface area contributed by atoms with Crippen LogP contribution in [0.5, 0.6) is 0 Å². The zero-order valence-corrected chi connectivity index (χ0v) is 16.2. The predicted octanol–water partition coefficient (Wildman–Crippen LogP) is 3.57. The summed E-state index contributed by atoms with van der Waals surface area (Å²) in [5.41, 5.74) is 4.18. The number of amides is 2. The number of hydrogen-bond donors (Lipinski definition) is 1. The van der Waals surface area contributed by atoms with E-state index in [0.29, 0.717) is 6.61 Å². The van der Waals surface area contributed by atoms with Crippen molar-refractivity contribution in [1.82, 2.24) is 0 Å². The van der Waals surface area contributed by atoms with E-state index in [9.17, 15) is 9.59 Å². The monoisotopic (exact) mass is 378 g/mol. The van der Waals surface area contributed by atoms with Crippen molar-refractivity contribution in [1.29, 1.82) is 0 Å². The number of anilines is 2. The van der Waals surface area contributed by atoms with Gasteiger partial charge in [-0.1, -0.05) is 24.3 Å². The Bertz CT molecular complexity index is 856. The summed E-state index contributed by atoms with van der Waals surface area (Å²) in [6, 6.07) is 15.8. The van der Waals surface area contributed by atoms with Crippen molar-refractivity contribution in [2.45, 2.75) is 38.2 Å². The van der Waals surface area contributed by atoms with Crippen LogP contribution in [0.15, 0.2) is 48.5 Å². The fourth-order valence-electron chi connectivity index (χ4n) is 4.05. The number of aryl methyl sites for hydroxylation is 1. The molecule has 28 heavy (non-hydrogen) atoms. The number of ether oxygens (including phenoxy) is 1. The standard InChI is InChI=1S/C23H26N2O3/c1-25(23(27)21-7-4-14-28-21)20-12-10-19(11-13-20)24-22(26)18-9-8-16-5-2-3-6-17(16)15-18/h2-3,5-6,10-13,18,21H,4,7-9,14-15H2,1H3,(H,24,26)/t18-,21-/m1/s1. The average Bonchev–Trinajstić information content (AvgIpc) is 3.28. The van der Waals surface area contributed by atoms with Gasteiger partial charge in [0.1, 0.15) is 6.10 Å². The summed E-state index contributed by atoms with van der Waals surface area (Å²) in [5.74, 6) is 0.0412. The summed E-state index contributed by atoms with van der Waals surface area (Å²) in [5, 5.41) is 3.03. The van der Waals surface area contributed by atoms with Crippen LogP contribution >= 0.6 is 0 Å². The Hall–Kier alpha value is -2.66. The highest BCUT2D eigenvalue weighted by Crippen LogP contribution is 2.27. The maximum Gasteiger partial charge on any atom is 0.255 e. The summed E-state index contributed by atoms with van der Waals surface area (Å²) in [6.45, 7) is 0.654. The maximum absolute atomic E-state index is 12.7. The third-order valence-electron chi connectivity index (χ3n) is 5.78. The minimum Gasteiger partial charge on any atom is -0.368 e. The van der Waals surface area contributed by atoms with Crippen LogP contribution in [0, 0.1) is 5.92 Å². The van der Waals surface area contributed by atoms with Crippen LogP contribution in [-0.2, 0) is 27.2 Å². The second kappa shape index (κ2) is 8.15. The number of nitrogens with one attached hydrogen (secondary N) is 1. The third kappa shape index (κ3) is 3.94. The van der Waals surface area contributed by atoms with Crippen LogP contribution in [0.3, 0.4) is 0 Å². The fraction of sp³-hybridized carbons (Fsp3) is 0.391. The highest BCUT2D eigenvalue weighted by Gasteiger charge is 2.27. The van der Waals surface area contributed by atoms with Gasteiger partial charge in [-0.05, 0) is 67.5 Å². The van der Waals surface area contributed by atoms with Gasteiger partial charge in [0.05, 0.1) is 0 Å². The molecule has 1 aliphatic carbocycles. The topological polar surface area (TPSA) is 58.6 Å². The van der Waals surface area contributed by atoms with Crippen LogP contribution in [-0.4, -0.2) is 31.6 Å². The van der Waals surface area contributed by atoms with Gasteiger partial charge in [0.25, 0.3) is 5.91 Å². The van der Waals surface area contributed by atoms with E-state index in [2.05, 4.69) is 23.5 Å². The molecule has 0 unspecified atom stereocenters. The number of nitrogens with zero attached hydrogens (tertiary/aromatic N) is 1. The zero-order valence-electron chi connectivity index (χ0n) is 16.2. The number of fused-ring (bicyclic) bond motifs is 1. The van der Waals surface area contributed by atoms with Crippen molar-refractivity contribution in [2.24, 2.45) is 5.92 Å². The van der Waals surface area contributed by atoms with Crippen molar-refractivity contribution in [3.05, 3.63) is 59.7 Å². The van der Waals surface area contributed by atoms with E-state index >= 15 is 0 Å². The first-order valence-electron chi connectivity index (χ1n) is 9.98.